The van der Waals surface area contributed by atoms with E-state index in [9.17, 15) is 74.1 Å². The van der Waals surface area contributed by atoms with E-state index in [-0.39, 0.29) is 194 Å². The van der Waals surface area contributed by atoms with Crippen LogP contribution in [0.3, 0.4) is 0 Å². The van der Waals surface area contributed by atoms with Crippen LogP contribution < -0.4 is 47.9 Å². The lowest BCUT2D eigenvalue weighted by Crippen LogP contribution is -2.54. The average Bonchev–Trinajstić information content (AvgIpc) is 0.772. The van der Waals surface area contributed by atoms with Gasteiger partial charge in [-0.25, -0.2) is 28.8 Å². The molecule has 9 N–H and O–H groups in total. The number of benzene rings is 1. The maximum absolute atomic E-state index is 15.0. The minimum atomic E-state index is -1.49. The second-order valence-electron chi connectivity index (χ2n) is 46.2. The molecule has 1 aromatic rings. The van der Waals surface area contributed by atoms with E-state index in [2.05, 4.69) is 77.9 Å². The Morgan fingerprint density at radius 2 is 0.417 bits per heavy atom. The van der Waals surface area contributed by atoms with Crippen LogP contribution in [0.1, 0.15) is 357 Å². The van der Waals surface area contributed by atoms with Gasteiger partial charge in [-0.2, -0.15) is 0 Å². The first-order chi connectivity index (χ1) is 66.1. The van der Waals surface area contributed by atoms with E-state index in [0.717, 1.165) is 0 Å². The van der Waals surface area contributed by atoms with Crippen LogP contribution in [0, 0.1) is 0 Å². The van der Waals surface area contributed by atoms with E-state index in [4.69, 9.17) is 42.6 Å². The number of urea groups is 6. The molecule has 0 bridgehead atoms. The summed E-state index contributed by atoms with van der Waals surface area (Å²) in [7, 11) is 0. The Morgan fingerprint density at radius 3 is 0.549 bits per heavy atom. The summed E-state index contributed by atoms with van der Waals surface area (Å²) in [6.07, 6.45) is -2.88. The fourth-order valence-corrected chi connectivity index (χ4v) is 17.2. The van der Waals surface area contributed by atoms with Gasteiger partial charge in [0.1, 0.15) is 50.4 Å². The van der Waals surface area contributed by atoms with Gasteiger partial charge in [-0.15, -0.1) is 0 Å². The molecular formula is C99H165N21O24. The van der Waals surface area contributed by atoms with Crippen molar-refractivity contribution in [1.29, 1.82) is 0 Å². The molecule has 6 atom stereocenters. The third kappa shape index (κ3) is 46.4. The number of ether oxygens (including phenoxy) is 9. The third-order valence-electron chi connectivity index (χ3n) is 23.0. The molecule has 45 heteroatoms. The van der Waals surface area contributed by atoms with Gasteiger partial charge in [0.15, 0.2) is 0 Å². The van der Waals surface area contributed by atoms with Gasteiger partial charge in [0, 0.05) is 148 Å². The summed E-state index contributed by atoms with van der Waals surface area (Å²) in [5.74, 6) is -5.67. The Bertz CT molecular complexity index is 4080. The van der Waals surface area contributed by atoms with Gasteiger partial charge >= 0.3 is 89.9 Å². The van der Waals surface area contributed by atoms with E-state index in [0.29, 0.717) is 33.4 Å². The first-order valence-electron chi connectivity index (χ1n) is 49.8. The standard InChI is InChI=1S/C99H165N21O24/c1-31-61-64(52-103-82(130)106-67-55-118(58-70(67)112-115-100)85(133)109-97(43-34-73(121)136-88(4,5)6,44-35-74(122)137-89(7,8)9)45-36-75(123)138-90(10,11)12)62(32-2)66(54-105-84(132)108-69-57-120(60-72(69)114-117-102)87(135)111-99(49-40-79(127)142-94(22,23)24,50-41-80(128)143-95(25,26)27)51-42-81(129)144-96(28,29)30)63(33-3)65(61)53-104-83(131)107-68-56-119(59-71(68)113-116-101)86(134)110-98(46-37-76(124)139-91(13,14)15,47-38-77(125)140-92(16,17)18)48-39-78(126)141-93(19,20)21/h67-72H,31-60H2,1-30H3,(H,109,133)(H,110,134)(H,111,135)(H2,103,106,130)(H2,104,107,131)(H2,105,108,132)/t67-,68-,69-,70?,71?,72?/m1/s1. The predicted octanol–water partition coefficient (Wildman–Crippen LogP) is 15.3. The van der Waals surface area contributed by atoms with E-state index in [1.165, 1.54) is 14.7 Å². The molecule has 45 nitrogen and oxygen atoms in total. The number of amides is 12. The smallest absolute Gasteiger partial charge is 0.317 e. The SMILES string of the molecule is CCc1c(CNC(=O)N[C@@H]2CN(C(=O)NC(CCC(=O)OC(C)(C)C)(CCC(=O)OC(C)(C)C)CCC(=O)OC(C)(C)C)CC2N=[N+]=[N-])c(CC)c(CNC(=O)N[C@@H]2CN(C(=O)NC(CCC(=O)OC(C)(C)C)(CCC(=O)OC(C)(C)C)CCC(=O)OC(C)(C)C)CC2N=[N+]=[N-])c(CC)c1CNC(=O)N[C@@H]1CN(C(=O)NC(CCC(=O)OC(C)(C)C)(CCC(=O)OC(C)(C)C)CCC(=O)OC(C)(C)C)CC1N=[N+]=[N-]. The third-order valence-corrected chi connectivity index (χ3v) is 23.0. The zero-order chi connectivity index (χ0) is 110. The minimum Gasteiger partial charge on any atom is -0.460 e. The molecule has 3 heterocycles. The van der Waals surface area contributed by atoms with Crippen LogP contribution in [0.4, 0.5) is 28.8 Å². The van der Waals surface area contributed by atoms with E-state index in [1.54, 1.807) is 187 Å². The van der Waals surface area contributed by atoms with Gasteiger partial charge in [0.25, 0.3) is 0 Å². The monoisotopic (exact) mass is 2030 g/mol. The number of likely N-dealkylation sites (tertiary alicyclic amines) is 3. The number of nitrogens with zero attached hydrogens (tertiary/aromatic N) is 12. The van der Waals surface area contributed by atoms with Crippen molar-refractivity contribution >= 4 is 89.9 Å². The van der Waals surface area contributed by atoms with Crippen LogP contribution in [0.15, 0.2) is 15.3 Å². The topological polar surface area (TPSA) is 603 Å². The maximum Gasteiger partial charge on any atom is 0.317 e. The summed E-state index contributed by atoms with van der Waals surface area (Å²) >= 11 is 0. The van der Waals surface area contributed by atoms with Gasteiger partial charge in [-0.3, -0.25) is 43.2 Å². The molecule has 0 aliphatic carbocycles. The number of azide groups is 3. The first-order valence-corrected chi connectivity index (χ1v) is 49.8. The van der Waals surface area contributed by atoms with E-state index < -0.39 is 193 Å². The van der Waals surface area contributed by atoms with Crippen LogP contribution in [0.25, 0.3) is 31.3 Å². The number of nitrogens with one attached hydrogen (secondary N) is 9. The molecule has 144 heavy (non-hydrogen) atoms. The van der Waals surface area contributed by atoms with E-state index >= 15 is 14.4 Å². The fourth-order valence-electron chi connectivity index (χ4n) is 17.2. The number of hydrogen-bond donors (Lipinski definition) is 9. The van der Waals surface area contributed by atoms with Crippen molar-refractivity contribution in [3.63, 3.8) is 0 Å². The van der Waals surface area contributed by atoms with Gasteiger partial charge in [-0.1, -0.05) is 36.1 Å². The van der Waals surface area contributed by atoms with Crippen molar-refractivity contribution in [1.82, 2.24) is 62.6 Å². The van der Waals surface area contributed by atoms with Crippen molar-refractivity contribution in [2.24, 2.45) is 15.3 Å². The number of carbonyl (C=O) groups excluding carboxylic acids is 15. The van der Waals surface area contributed by atoms with Crippen molar-refractivity contribution in [3.8, 4) is 0 Å². The predicted molar refractivity (Wildman–Crippen MR) is 535 cm³/mol. The number of hydrogen-bond acceptors (Lipinski definition) is 27. The van der Waals surface area contributed by atoms with E-state index in [1.807, 2.05) is 20.8 Å². The highest BCUT2D eigenvalue weighted by Gasteiger charge is 2.47. The first kappa shape index (κ1) is 124. The van der Waals surface area contributed by atoms with Gasteiger partial charge in [-0.05, 0) is 314 Å². The van der Waals surface area contributed by atoms with Crippen LogP contribution in [-0.2, 0) is 125 Å². The van der Waals surface area contributed by atoms with Crippen LogP contribution >= 0.6 is 0 Å². The Morgan fingerprint density at radius 1 is 0.264 bits per heavy atom. The summed E-state index contributed by atoms with van der Waals surface area (Å²) in [4.78, 5) is 224. The largest absolute Gasteiger partial charge is 0.460 e. The van der Waals surface area contributed by atoms with Gasteiger partial charge < -0.3 is 105 Å². The lowest BCUT2D eigenvalue weighted by Gasteiger charge is -2.37. The summed E-state index contributed by atoms with van der Waals surface area (Å²) in [5, 5.41) is 38.7. The van der Waals surface area contributed by atoms with Crippen molar-refractivity contribution in [2.45, 2.75) is 465 Å². The highest BCUT2D eigenvalue weighted by atomic mass is 16.6. The molecule has 3 aliphatic rings. The van der Waals surface area contributed by atoms with Gasteiger partial charge in [0.2, 0.25) is 0 Å². The molecule has 1 aromatic carbocycles. The summed E-state index contributed by atoms with van der Waals surface area (Å²) in [5.41, 5.74) is 21.0. The fraction of sp³-hybridized carbons (Fsp3) is 0.788. The molecule has 12 amide bonds. The molecule has 0 spiro atoms. The number of esters is 9. The molecule has 0 saturated carbocycles. The Balaban J connectivity index is 1.89. The Labute approximate surface area is 847 Å². The molecule has 0 radical (unpaired) electrons. The zero-order valence-electron chi connectivity index (χ0n) is 90.8. The summed E-state index contributed by atoms with van der Waals surface area (Å²) in [6, 6.07) is -11.3. The molecule has 4 rings (SSSR count). The normalized spacial score (nSPS) is 17.0. The van der Waals surface area contributed by atoms with Crippen LogP contribution in [0.2, 0.25) is 0 Å². The lowest BCUT2D eigenvalue weighted by molar-refractivity contribution is -0.158. The lowest BCUT2D eigenvalue weighted by atomic mass is 9.83. The number of carbonyl (C=O) groups is 15. The molecule has 3 aliphatic heterocycles. The molecule has 3 saturated heterocycles. The van der Waals surface area contributed by atoms with Crippen molar-refractivity contribution in [3.05, 3.63) is 64.7 Å². The highest BCUT2D eigenvalue weighted by Crippen LogP contribution is 2.37. The molecule has 3 fully saturated rings. The molecular weight excluding hydrogens is 1870 g/mol. The average molecular weight is 2030 g/mol. The molecule has 810 valence electrons. The Kier molecular flexibility index (Phi) is 45.9. The Hall–Kier alpha value is -12.0. The van der Waals surface area contributed by atoms with Crippen molar-refractivity contribution in [2.75, 3.05) is 39.3 Å². The molecule has 3 unspecified atom stereocenters. The highest BCUT2D eigenvalue weighted by molar-refractivity contribution is 5.82. The second kappa shape index (κ2) is 53.2. The number of rotatable bonds is 45. The zero-order valence-corrected chi connectivity index (χ0v) is 90.8. The second-order valence-corrected chi connectivity index (χ2v) is 46.2. The van der Waals surface area contributed by atoms with Gasteiger partial charge in [0.05, 0.1) is 36.3 Å². The summed E-state index contributed by atoms with van der Waals surface area (Å²) < 4.78 is 51.1. The maximum atomic E-state index is 15.0. The molecule has 0 aromatic heterocycles. The summed E-state index contributed by atoms with van der Waals surface area (Å²) in [6.45, 7) is 48.8. The van der Waals surface area contributed by atoms with Crippen LogP contribution in [-0.4, -0.2) is 247 Å². The van der Waals surface area contributed by atoms with Crippen LogP contribution in [0.5, 0.6) is 0 Å². The van der Waals surface area contributed by atoms with Crippen molar-refractivity contribution < 1.29 is 115 Å². The quantitative estimate of drug-likeness (QED) is 0.00962. The minimum absolute atomic E-state index is 0.130.